The van der Waals surface area contributed by atoms with Crippen molar-refractivity contribution in [3.05, 3.63) is 35.4 Å². The first-order chi connectivity index (χ1) is 13.0. The van der Waals surface area contributed by atoms with Crippen molar-refractivity contribution in [1.82, 2.24) is 15.5 Å². The van der Waals surface area contributed by atoms with Gasteiger partial charge >= 0.3 is 0 Å². The van der Waals surface area contributed by atoms with Gasteiger partial charge in [-0.15, -0.1) is 0 Å². The Bertz CT molecular complexity index is 586. The van der Waals surface area contributed by atoms with E-state index in [1.807, 2.05) is 24.1 Å². The summed E-state index contributed by atoms with van der Waals surface area (Å²) in [6, 6.07) is 6.88. The number of likely N-dealkylation sites (N-methyl/N-ethyl adjacent to an activating group) is 2. The lowest BCUT2D eigenvalue weighted by molar-refractivity contribution is -0.126. The van der Waals surface area contributed by atoms with Gasteiger partial charge in [0.15, 0.2) is 0 Å². The predicted molar refractivity (Wildman–Crippen MR) is 108 cm³/mol. The van der Waals surface area contributed by atoms with Crippen LogP contribution in [0.25, 0.3) is 0 Å². The van der Waals surface area contributed by atoms with Gasteiger partial charge in [-0.3, -0.25) is 14.5 Å². The van der Waals surface area contributed by atoms with Crippen LogP contribution < -0.4 is 10.6 Å². The largest absolute Gasteiger partial charge is 0.358 e. The van der Waals surface area contributed by atoms with Crippen LogP contribution in [-0.4, -0.2) is 56.6 Å². The number of nitrogens with one attached hydrogen (secondary N) is 2. The Balaban J connectivity index is 0.000000433. The van der Waals surface area contributed by atoms with Crippen molar-refractivity contribution in [3.63, 3.8) is 0 Å². The van der Waals surface area contributed by atoms with Crippen molar-refractivity contribution in [1.29, 1.82) is 0 Å². The van der Waals surface area contributed by atoms with E-state index in [9.17, 15) is 14.4 Å². The Morgan fingerprint density at radius 1 is 1.30 bits per heavy atom. The molecule has 27 heavy (non-hydrogen) atoms. The summed E-state index contributed by atoms with van der Waals surface area (Å²) in [7, 11) is 3.38. The summed E-state index contributed by atoms with van der Waals surface area (Å²) >= 11 is 0. The first kappa shape index (κ1) is 23.0. The molecule has 0 bridgehead atoms. The van der Waals surface area contributed by atoms with E-state index in [1.54, 1.807) is 19.2 Å². The lowest BCUT2D eigenvalue weighted by atomic mass is 10.0. The number of nitrogens with zero attached hydrogens (tertiary/aromatic N) is 1. The predicted octanol–water partition coefficient (Wildman–Crippen LogP) is 2.03. The van der Waals surface area contributed by atoms with Gasteiger partial charge in [-0.2, -0.15) is 0 Å². The first-order valence-corrected chi connectivity index (χ1v) is 9.62. The molecule has 0 spiro atoms. The maximum absolute atomic E-state index is 11.9. The second-order valence-electron chi connectivity index (χ2n) is 7.04. The van der Waals surface area contributed by atoms with Crippen molar-refractivity contribution in [2.75, 3.05) is 27.2 Å². The van der Waals surface area contributed by atoms with E-state index in [2.05, 4.69) is 17.6 Å². The fraction of sp³-hybridized carbons (Fsp3) is 0.571. The summed E-state index contributed by atoms with van der Waals surface area (Å²) in [6.45, 7) is 5.27. The zero-order valence-electron chi connectivity index (χ0n) is 16.7. The summed E-state index contributed by atoms with van der Waals surface area (Å²) in [4.78, 5) is 35.2. The fourth-order valence-corrected chi connectivity index (χ4v) is 3.08. The van der Waals surface area contributed by atoms with Crippen LogP contribution in [-0.2, 0) is 16.1 Å². The SMILES string of the molecule is CC1CCNCC1.CNC(=O)C(CCC=O)N(C)Cc1ccccc1C=O. The highest BCUT2D eigenvalue weighted by Crippen LogP contribution is 2.13. The highest BCUT2D eigenvalue weighted by molar-refractivity contribution is 5.82. The van der Waals surface area contributed by atoms with Crippen LogP contribution in [0.3, 0.4) is 0 Å². The molecule has 0 radical (unpaired) electrons. The number of benzene rings is 1. The van der Waals surface area contributed by atoms with E-state index < -0.39 is 0 Å². The number of rotatable bonds is 8. The normalized spacial score (nSPS) is 15.4. The van der Waals surface area contributed by atoms with Gasteiger partial charge in [-0.1, -0.05) is 31.2 Å². The monoisotopic (exact) mass is 375 g/mol. The molecule has 2 rings (SSSR count). The van der Waals surface area contributed by atoms with Crippen LogP contribution in [0.5, 0.6) is 0 Å². The molecular weight excluding hydrogens is 342 g/mol. The lowest BCUT2D eigenvalue weighted by Crippen LogP contribution is -2.43. The maximum Gasteiger partial charge on any atom is 0.237 e. The van der Waals surface area contributed by atoms with Crippen molar-refractivity contribution < 1.29 is 14.4 Å². The summed E-state index contributed by atoms with van der Waals surface area (Å²) in [5.74, 6) is 0.846. The minimum Gasteiger partial charge on any atom is -0.358 e. The van der Waals surface area contributed by atoms with Gasteiger partial charge in [0.05, 0.1) is 6.04 Å². The maximum atomic E-state index is 11.9. The van der Waals surface area contributed by atoms with Gasteiger partial charge in [-0.25, -0.2) is 0 Å². The lowest BCUT2D eigenvalue weighted by Gasteiger charge is -2.26. The van der Waals surface area contributed by atoms with Crippen LogP contribution in [0.4, 0.5) is 0 Å². The van der Waals surface area contributed by atoms with E-state index in [-0.39, 0.29) is 11.9 Å². The molecule has 1 aromatic rings. The first-order valence-electron chi connectivity index (χ1n) is 9.62. The second-order valence-corrected chi connectivity index (χ2v) is 7.04. The van der Waals surface area contributed by atoms with Crippen molar-refractivity contribution in [3.8, 4) is 0 Å². The molecule has 1 fully saturated rings. The third-order valence-electron chi connectivity index (χ3n) is 4.87. The van der Waals surface area contributed by atoms with E-state index in [1.165, 1.54) is 25.9 Å². The molecular formula is C21H33N3O3. The highest BCUT2D eigenvalue weighted by Gasteiger charge is 2.22. The molecule has 1 unspecified atom stereocenters. The molecule has 6 nitrogen and oxygen atoms in total. The molecule has 0 saturated carbocycles. The number of carbonyl (C=O) groups is 3. The molecule has 1 saturated heterocycles. The molecule has 0 aliphatic carbocycles. The molecule has 2 N–H and O–H groups in total. The van der Waals surface area contributed by atoms with E-state index in [0.717, 1.165) is 24.1 Å². The number of carbonyl (C=O) groups excluding carboxylic acids is 3. The van der Waals surface area contributed by atoms with Gasteiger partial charge in [0.2, 0.25) is 5.91 Å². The van der Waals surface area contributed by atoms with Crippen molar-refractivity contribution in [2.24, 2.45) is 5.92 Å². The zero-order chi connectivity index (χ0) is 20.1. The van der Waals surface area contributed by atoms with E-state index >= 15 is 0 Å². The van der Waals surface area contributed by atoms with E-state index in [4.69, 9.17) is 0 Å². The van der Waals surface area contributed by atoms with Crippen LogP contribution >= 0.6 is 0 Å². The van der Waals surface area contributed by atoms with Gasteiger partial charge in [0.25, 0.3) is 0 Å². The third kappa shape index (κ3) is 8.45. The van der Waals surface area contributed by atoms with Crippen molar-refractivity contribution in [2.45, 2.75) is 45.2 Å². The Labute approximate surface area is 162 Å². The van der Waals surface area contributed by atoms with Crippen molar-refractivity contribution >= 4 is 18.5 Å². The van der Waals surface area contributed by atoms with Gasteiger partial charge in [0, 0.05) is 25.6 Å². The molecule has 1 aromatic carbocycles. The molecule has 6 heteroatoms. The Morgan fingerprint density at radius 3 is 2.48 bits per heavy atom. The smallest absolute Gasteiger partial charge is 0.237 e. The molecule has 150 valence electrons. The summed E-state index contributed by atoms with van der Waals surface area (Å²) < 4.78 is 0. The quantitative estimate of drug-likeness (QED) is 0.680. The molecule has 1 aliphatic heterocycles. The van der Waals surface area contributed by atoms with Crippen LogP contribution in [0.1, 0.15) is 48.5 Å². The summed E-state index contributed by atoms with van der Waals surface area (Å²) in [6.07, 6.45) is 5.16. The number of hydrogen-bond donors (Lipinski definition) is 2. The van der Waals surface area contributed by atoms with Crippen LogP contribution in [0, 0.1) is 5.92 Å². The number of hydrogen-bond acceptors (Lipinski definition) is 5. The fourth-order valence-electron chi connectivity index (χ4n) is 3.08. The Kier molecular flexibility index (Phi) is 11.2. The average molecular weight is 376 g/mol. The number of amides is 1. The third-order valence-corrected chi connectivity index (χ3v) is 4.87. The molecule has 1 aliphatic rings. The minimum atomic E-state index is -0.384. The Morgan fingerprint density at radius 2 is 1.96 bits per heavy atom. The zero-order valence-corrected chi connectivity index (χ0v) is 16.7. The number of aldehydes is 2. The van der Waals surface area contributed by atoms with E-state index in [0.29, 0.717) is 24.9 Å². The van der Waals surface area contributed by atoms with Gasteiger partial charge < -0.3 is 15.4 Å². The molecule has 1 heterocycles. The molecule has 0 aromatic heterocycles. The van der Waals surface area contributed by atoms with Gasteiger partial charge in [0.1, 0.15) is 12.6 Å². The topological polar surface area (TPSA) is 78.5 Å². The standard InChI is InChI=1S/C15H20N2O3.C6H13N/c1-16-15(20)14(8-5-9-18)17(2)10-12-6-3-4-7-13(12)11-19;1-6-2-4-7-5-3-6/h3-4,6-7,9,11,14H,5,8,10H2,1-2H3,(H,16,20);6-7H,2-5H2,1H3. The van der Waals surface area contributed by atoms with Gasteiger partial charge in [-0.05, 0) is 50.9 Å². The average Bonchev–Trinajstić information content (AvgIpc) is 2.69. The van der Waals surface area contributed by atoms with Crippen LogP contribution in [0.2, 0.25) is 0 Å². The molecule has 1 amide bonds. The molecule has 1 atom stereocenters. The second kappa shape index (κ2) is 13.2. The summed E-state index contributed by atoms with van der Waals surface area (Å²) in [5.41, 5.74) is 1.48. The minimum absolute atomic E-state index is 0.127. The summed E-state index contributed by atoms with van der Waals surface area (Å²) in [5, 5.41) is 5.92. The Hall–Kier alpha value is -2.05. The highest BCUT2D eigenvalue weighted by atomic mass is 16.2. The number of piperidine rings is 1. The van der Waals surface area contributed by atoms with Crippen LogP contribution in [0.15, 0.2) is 24.3 Å².